The van der Waals surface area contributed by atoms with Crippen molar-refractivity contribution in [3.05, 3.63) is 12.2 Å². The van der Waals surface area contributed by atoms with E-state index in [0.717, 1.165) is 30.0 Å². The van der Waals surface area contributed by atoms with Crippen molar-refractivity contribution >= 4 is 14.7 Å². The maximum atomic E-state index is 11.8. The lowest BCUT2D eigenvalue weighted by atomic mass is 10.0. The van der Waals surface area contributed by atoms with Crippen molar-refractivity contribution in [1.82, 2.24) is 5.32 Å². The molecule has 0 radical (unpaired) electrons. The first kappa shape index (κ1) is 22.3. The Morgan fingerprint density at radius 2 is 1.65 bits per heavy atom. The number of nitrogens with zero attached hydrogens (tertiary/aromatic N) is 1. The molecule has 0 aromatic heterocycles. The molecular weight excluding hydrogens is 312 g/mol. The molecule has 0 aliphatic carbocycles. The first-order valence-corrected chi connectivity index (χ1v) is 9.81. The Labute approximate surface area is 142 Å². The third-order valence-corrected chi connectivity index (χ3v) is 6.67. The molecule has 23 heavy (non-hydrogen) atoms. The summed E-state index contributed by atoms with van der Waals surface area (Å²) >= 11 is 0. The summed E-state index contributed by atoms with van der Waals surface area (Å²) in [5.74, 6) is -0.0976. The van der Waals surface area contributed by atoms with Gasteiger partial charge in [-0.25, -0.2) is 0 Å². The molecule has 7 heteroatoms. The van der Waals surface area contributed by atoms with Crippen molar-refractivity contribution in [2.75, 3.05) is 48.5 Å². The van der Waals surface area contributed by atoms with Gasteiger partial charge in [-0.05, 0) is 20.8 Å². The smallest absolute Gasteiger partial charge is 0.377 e. The van der Waals surface area contributed by atoms with E-state index in [9.17, 15) is 4.79 Å². The van der Waals surface area contributed by atoms with Crippen LogP contribution in [0.4, 0.5) is 0 Å². The van der Waals surface area contributed by atoms with Crippen LogP contribution in [0.5, 0.6) is 0 Å². The van der Waals surface area contributed by atoms with Crippen molar-refractivity contribution in [3.8, 4) is 0 Å². The zero-order valence-electron chi connectivity index (χ0n) is 16.1. The number of carbonyl (C=O) groups excluding carboxylic acids is 1. The number of carbonyl (C=O) groups is 1. The van der Waals surface area contributed by atoms with Crippen LogP contribution < -0.4 is 5.32 Å². The van der Waals surface area contributed by atoms with Crippen LogP contribution in [0.15, 0.2) is 12.2 Å². The molecule has 0 saturated carbocycles. The summed E-state index contributed by atoms with van der Waals surface area (Å²) in [5, 5.41) is 3.03. The van der Waals surface area contributed by atoms with Crippen LogP contribution in [-0.4, -0.2) is 73.2 Å². The summed E-state index contributed by atoms with van der Waals surface area (Å²) in [6.07, 6.45) is 0.930. The average Bonchev–Trinajstić information content (AvgIpc) is 2.42. The van der Waals surface area contributed by atoms with E-state index < -0.39 is 8.80 Å². The summed E-state index contributed by atoms with van der Waals surface area (Å²) in [5.41, 5.74) is 0.220. The lowest BCUT2D eigenvalue weighted by Crippen LogP contribution is -2.57. The number of hydrogen-bond acceptors (Lipinski definition) is 4. The van der Waals surface area contributed by atoms with Crippen LogP contribution in [0.25, 0.3) is 0 Å². The van der Waals surface area contributed by atoms with Crippen molar-refractivity contribution in [1.29, 1.82) is 0 Å². The Bertz CT molecular complexity index is 399. The molecule has 0 atom stereocenters. The molecule has 0 spiro atoms. The molecular formula is C16H35N2O4Si+. The summed E-state index contributed by atoms with van der Waals surface area (Å²) in [6.45, 7) is 11.2. The van der Waals surface area contributed by atoms with Crippen LogP contribution in [-0.2, 0) is 18.1 Å². The van der Waals surface area contributed by atoms with Gasteiger partial charge in [-0.3, -0.25) is 4.79 Å². The van der Waals surface area contributed by atoms with E-state index in [2.05, 4.69) is 26.0 Å². The molecule has 0 rings (SSSR count). The van der Waals surface area contributed by atoms with Gasteiger partial charge in [0.25, 0.3) is 0 Å². The minimum absolute atomic E-state index is 0.0976. The quantitative estimate of drug-likeness (QED) is 0.352. The van der Waals surface area contributed by atoms with Gasteiger partial charge in [0.1, 0.15) is 6.54 Å². The van der Waals surface area contributed by atoms with Crippen molar-refractivity contribution in [2.45, 2.75) is 38.8 Å². The molecule has 0 aromatic rings. The van der Waals surface area contributed by atoms with E-state index in [4.69, 9.17) is 13.3 Å². The molecule has 1 amide bonds. The molecule has 0 aliphatic rings. The molecule has 0 fully saturated rings. The second-order valence-electron chi connectivity index (χ2n) is 7.33. The third kappa shape index (κ3) is 8.08. The van der Waals surface area contributed by atoms with E-state index >= 15 is 0 Å². The van der Waals surface area contributed by atoms with E-state index in [1.165, 1.54) is 0 Å². The average molecular weight is 348 g/mol. The Hall–Kier alpha value is -0.733. The Balaban J connectivity index is 4.58. The predicted molar refractivity (Wildman–Crippen MR) is 95.1 cm³/mol. The largest absolute Gasteiger partial charge is 0.500 e. The van der Waals surface area contributed by atoms with Gasteiger partial charge in [0.05, 0.1) is 26.2 Å². The van der Waals surface area contributed by atoms with Crippen molar-refractivity contribution in [3.63, 3.8) is 0 Å². The maximum Gasteiger partial charge on any atom is 0.500 e. The fourth-order valence-electron chi connectivity index (χ4n) is 2.88. The number of likely N-dealkylation sites (N-methyl/N-ethyl adjacent to an activating group) is 1. The van der Waals surface area contributed by atoms with E-state index in [1.54, 1.807) is 28.3 Å². The summed E-state index contributed by atoms with van der Waals surface area (Å²) in [4.78, 5) is 11.8. The topological polar surface area (TPSA) is 56.8 Å². The molecule has 6 nitrogen and oxygen atoms in total. The highest BCUT2D eigenvalue weighted by Crippen LogP contribution is 2.18. The van der Waals surface area contributed by atoms with Gasteiger partial charge in [0, 0.05) is 39.4 Å². The number of quaternary nitrogens is 1. The number of amides is 1. The standard InChI is InChI=1S/C16H34N2O4Si/c1-14(2)15(19)17-16(3,4)13-18(5,6)11-10-12-23(20-7,21-8)22-9/h1,10-13H2,2-9H3/p+1. The van der Waals surface area contributed by atoms with E-state index in [0.29, 0.717) is 5.57 Å². The molecule has 0 aromatic carbocycles. The SMILES string of the molecule is C=C(C)C(=O)NC(C)(C)C[N+](C)(C)CCC[Si](OC)(OC)OC. The van der Waals surface area contributed by atoms with Gasteiger partial charge < -0.3 is 23.1 Å². The van der Waals surface area contributed by atoms with E-state index in [-0.39, 0.29) is 11.4 Å². The molecule has 0 saturated heterocycles. The van der Waals surface area contributed by atoms with Gasteiger partial charge in [-0.2, -0.15) is 0 Å². The lowest BCUT2D eigenvalue weighted by Gasteiger charge is -2.38. The Morgan fingerprint density at radius 3 is 2.04 bits per heavy atom. The number of nitrogens with one attached hydrogen (secondary N) is 1. The fraction of sp³-hybridized carbons (Fsp3) is 0.812. The highest BCUT2D eigenvalue weighted by Gasteiger charge is 2.38. The molecule has 0 aliphatic heterocycles. The second kappa shape index (κ2) is 8.94. The zero-order chi connectivity index (χ0) is 18.3. The van der Waals surface area contributed by atoms with Crippen LogP contribution in [0.2, 0.25) is 6.04 Å². The summed E-state index contributed by atoms with van der Waals surface area (Å²) in [6, 6.07) is 0.775. The van der Waals surface area contributed by atoms with Crippen LogP contribution in [0, 0.1) is 0 Å². The van der Waals surface area contributed by atoms with E-state index in [1.807, 2.05) is 13.8 Å². The summed E-state index contributed by atoms with van der Waals surface area (Å²) in [7, 11) is 6.71. The molecule has 1 N–H and O–H groups in total. The van der Waals surface area contributed by atoms with Crippen LogP contribution >= 0.6 is 0 Å². The van der Waals surface area contributed by atoms with Gasteiger partial charge in [-0.1, -0.05) is 6.58 Å². The number of rotatable bonds is 11. The second-order valence-corrected chi connectivity index (χ2v) is 10.4. The Kier molecular flexibility index (Phi) is 8.65. The first-order chi connectivity index (χ1) is 10.4. The first-order valence-electron chi connectivity index (χ1n) is 7.88. The normalized spacial score (nSPS) is 13.0. The zero-order valence-corrected chi connectivity index (χ0v) is 17.1. The van der Waals surface area contributed by atoms with Crippen molar-refractivity contribution < 1.29 is 22.6 Å². The molecule has 0 unspecified atom stereocenters. The third-order valence-electron chi connectivity index (χ3n) is 3.84. The van der Waals surface area contributed by atoms with Gasteiger partial charge in [-0.15, -0.1) is 0 Å². The highest BCUT2D eigenvalue weighted by molar-refractivity contribution is 6.60. The Morgan fingerprint density at radius 1 is 1.17 bits per heavy atom. The monoisotopic (exact) mass is 347 g/mol. The summed E-state index contributed by atoms with van der Waals surface area (Å²) < 4.78 is 17.1. The minimum Gasteiger partial charge on any atom is -0.377 e. The molecule has 0 heterocycles. The lowest BCUT2D eigenvalue weighted by molar-refractivity contribution is -0.893. The fourth-order valence-corrected chi connectivity index (χ4v) is 4.59. The van der Waals surface area contributed by atoms with Crippen LogP contribution in [0.1, 0.15) is 27.2 Å². The molecule has 136 valence electrons. The number of hydrogen-bond donors (Lipinski definition) is 1. The molecule has 0 bridgehead atoms. The van der Waals surface area contributed by atoms with Gasteiger partial charge >= 0.3 is 8.80 Å². The van der Waals surface area contributed by atoms with Crippen molar-refractivity contribution in [2.24, 2.45) is 0 Å². The van der Waals surface area contributed by atoms with Gasteiger partial charge in [0.15, 0.2) is 0 Å². The van der Waals surface area contributed by atoms with Gasteiger partial charge in [0.2, 0.25) is 5.91 Å². The minimum atomic E-state index is -2.51. The maximum absolute atomic E-state index is 11.8. The van der Waals surface area contributed by atoms with Crippen LogP contribution in [0.3, 0.4) is 0 Å². The highest BCUT2D eigenvalue weighted by atomic mass is 28.4. The predicted octanol–water partition coefficient (Wildman–Crippen LogP) is 1.80.